The monoisotopic (exact) mass is 411 g/mol. The standard InChI is InChI=1S/C22H25N3O5/c1-24(2)11-12-25-19(16-7-5-6-10-23-16)18(21(27)22(25)28)20(26)15-9-8-14(29-3)13-17(15)30-4/h5-10,13,19,26H,11-12H2,1-4H3. The number of methoxy groups -OCH3 is 2. The maximum Gasteiger partial charge on any atom is 0.295 e. The summed E-state index contributed by atoms with van der Waals surface area (Å²) in [5.74, 6) is -0.862. The molecule has 1 aliphatic heterocycles. The number of hydrogen-bond acceptors (Lipinski definition) is 7. The number of hydrogen-bond donors (Lipinski definition) is 1. The van der Waals surface area contributed by atoms with E-state index in [2.05, 4.69) is 4.98 Å². The second-order valence-corrected chi connectivity index (χ2v) is 7.12. The number of pyridine rings is 1. The first-order valence-electron chi connectivity index (χ1n) is 9.45. The Kier molecular flexibility index (Phi) is 6.37. The minimum absolute atomic E-state index is 0.0130. The first-order valence-corrected chi connectivity index (χ1v) is 9.45. The second-order valence-electron chi connectivity index (χ2n) is 7.12. The molecule has 8 nitrogen and oxygen atoms in total. The molecule has 3 rings (SSSR count). The first kappa shape index (κ1) is 21.3. The number of likely N-dealkylation sites (N-methyl/N-ethyl adjacent to an activating group) is 1. The molecule has 1 saturated heterocycles. The molecule has 1 N–H and O–H groups in total. The second kappa shape index (κ2) is 8.96. The van der Waals surface area contributed by atoms with Crippen LogP contribution in [0.15, 0.2) is 48.2 Å². The van der Waals surface area contributed by atoms with Crippen LogP contribution >= 0.6 is 0 Å². The van der Waals surface area contributed by atoms with E-state index >= 15 is 0 Å². The van der Waals surface area contributed by atoms with Crippen molar-refractivity contribution in [3.8, 4) is 11.5 Å². The third-order valence-electron chi connectivity index (χ3n) is 4.96. The number of nitrogens with zero attached hydrogens (tertiary/aromatic N) is 3. The van der Waals surface area contributed by atoms with Crippen molar-refractivity contribution < 1.29 is 24.2 Å². The van der Waals surface area contributed by atoms with Crippen LogP contribution in [-0.4, -0.2) is 73.0 Å². The largest absolute Gasteiger partial charge is 0.507 e. The molecule has 0 bridgehead atoms. The van der Waals surface area contributed by atoms with E-state index in [1.807, 2.05) is 19.0 Å². The van der Waals surface area contributed by atoms with Crippen LogP contribution in [-0.2, 0) is 9.59 Å². The van der Waals surface area contributed by atoms with E-state index in [4.69, 9.17) is 9.47 Å². The Labute approximate surface area is 175 Å². The normalized spacial score (nSPS) is 18.2. The summed E-state index contributed by atoms with van der Waals surface area (Å²) >= 11 is 0. The molecule has 1 aromatic heterocycles. The zero-order chi connectivity index (χ0) is 21.8. The molecule has 2 aromatic rings. The molecule has 1 atom stereocenters. The van der Waals surface area contributed by atoms with E-state index < -0.39 is 17.7 Å². The van der Waals surface area contributed by atoms with Crippen LogP contribution in [0.5, 0.6) is 11.5 Å². The van der Waals surface area contributed by atoms with Gasteiger partial charge in [0, 0.05) is 25.4 Å². The number of ketones is 1. The lowest BCUT2D eigenvalue weighted by Crippen LogP contribution is -2.35. The summed E-state index contributed by atoms with van der Waals surface area (Å²) < 4.78 is 10.6. The summed E-state index contributed by atoms with van der Waals surface area (Å²) in [6.45, 7) is 0.873. The van der Waals surface area contributed by atoms with Crippen LogP contribution in [0.3, 0.4) is 0 Å². The van der Waals surface area contributed by atoms with Gasteiger partial charge in [-0.25, -0.2) is 0 Å². The maximum absolute atomic E-state index is 13.0. The van der Waals surface area contributed by atoms with Crippen LogP contribution in [0.1, 0.15) is 17.3 Å². The lowest BCUT2D eigenvalue weighted by atomic mass is 9.97. The number of benzene rings is 1. The van der Waals surface area contributed by atoms with Gasteiger partial charge < -0.3 is 24.4 Å². The Morgan fingerprint density at radius 1 is 1.17 bits per heavy atom. The van der Waals surface area contributed by atoms with Crippen LogP contribution in [0, 0.1) is 0 Å². The number of Topliss-reactive ketones (excluding diaryl/α,β-unsaturated/α-hetero) is 1. The molecule has 1 amide bonds. The van der Waals surface area contributed by atoms with Crippen LogP contribution in [0.2, 0.25) is 0 Å². The third-order valence-corrected chi connectivity index (χ3v) is 4.96. The average Bonchev–Trinajstić information content (AvgIpc) is 3.02. The van der Waals surface area contributed by atoms with Crippen molar-refractivity contribution in [2.24, 2.45) is 0 Å². The fourth-order valence-electron chi connectivity index (χ4n) is 3.40. The van der Waals surface area contributed by atoms with Gasteiger partial charge in [-0.05, 0) is 38.4 Å². The number of amides is 1. The highest BCUT2D eigenvalue weighted by atomic mass is 16.5. The summed E-state index contributed by atoms with van der Waals surface area (Å²) in [6.07, 6.45) is 1.59. The molecule has 0 spiro atoms. The summed E-state index contributed by atoms with van der Waals surface area (Å²) in [5, 5.41) is 11.1. The molecule has 2 heterocycles. The Balaban J connectivity index is 2.17. The SMILES string of the molecule is COc1ccc(C(O)=C2C(=O)C(=O)N(CCN(C)C)C2c2ccccn2)c(OC)c1. The maximum atomic E-state index is 13.0. The molecular formula is C22H25N3O5. The minimum atomic E-state index is -0.794. The molecule has 0 aliphatic carbocycles. The molecule has 30 heavy (non-hydrogen) atoms. The van der Waals surface area contributed by atoms with Crippen molar-refractivity contribution in [3.05, 3.63) is 59.4 Å². The molecule has 1 fully saturated rings. The van der Waals surface area contributed by atoms with Crippen molar-refractivity contribution in [2.45, 2.75) is 6.04 Å². The topological polar surface area (TPSA) is 92.2 Å². The fraction of sp³-hybridized carbons (Fsp3) is 0.318. The summed E-state index contributed by atoms with van der Waals surface area (Å²) in [5.41, 5.74) is 0.787. The highest BCUT2D eigenvalue weighted by Crippen LogP contribution is 2.40. The molecule has 0 saturated carbocycles. The van der Waals surface area contributed by atoms with Gasteiger partial charge in [-0.2, -0.15) is 0 Å². The molecule has 1 aliphatic rings. The van der Waals surface area contributed by atoms with Gasteiger partial charge in [0.05, 0.1) is 31.1 Å². The van der Waals surface area contributed by atoms with Gasteiger partial charge in [-0.1, -0.05) is 6.07 Å². The quantitative estimate of drug-likeness (QED) is 0.424. The van der Waals surface area contributed by atoms with E-state index in [1.165, 1.54) is 19.1 Å². The summed E-state index contributed by atoms with van der Waals surface area (Å²) in [7, 11) is 6.74. The first-order chi connectivity index (χ1) is 14.4. The smallest absolute Gasteiger partial charge is 0.295 e. The Hall–Kier alpha value is -3.39. The molecular weight excluding hydrogens is 386 g/mol. The van der Waals surface area contributed by atoms with Crippen molar-refractivity contribution in [2.75, 3.05) is 41.4 Å². The van der Waals surface area contributed by atoms with Crippen LogP contribution < -0.4 is 9.47 Å². The molecule has 158 valence electrons. The Morgan fingerprint density at radius 2 is 1.93 bits per heavy atom. The van der Waals surface area contributed by atoms with Crippen molar-refractivity contribution in [3.63, 3.8) is 0 Å². The molecule has 1 unspecified atom stereocenters. The van der Waals surface area contributed by atoms with Gasteiger partial charge in [0.2, 0.25) is 0 Å². The number of rotatable bonds is 7. The van der Waals surface area contributed by atoms with Gasteiger partial charge >= 0.3 is 0 Å². The van der Waals surface area contributed by atoms with Gasteiger partial charge in [0.15, 0.2) is 0 Å². The van der Waals surface area contributed by atoms with Gasteiger partial charge in [0.25, 0.3) is 11.7 Å². The van der Waals surface area contributed by atoms with Gasteiger partial charge in [-0.15, -0.1) is 0 Å². The predicted octanol–water partition coefficient (Wildman–Crippen LogP) is 2.08. The minimum Gasteiger partial charge on any atom is -0.507 e. The van der Waals surface area contributed by atoms with E-state index in [9.17, 15) is 14.7 Å². The lowest BCUT2D eigenvalue weighted by Gasteiger charge is -2.25. The highest BCUT2D eigenvalue weighted by molar-refractivity contribution is 6.46. The number of ether oxygens (including phenoxy) is 2. The van der Waals surface area contributed by atoms with Crippen molar-refractivity contribution >= 4 is 17.4 Å². The van der Waals surface area contributed by atoms with Crippen LogP contribution in [0.25, 0.3) is 5.76 Å². The van der Waals surface area contributed by atoms with E-state index in [1.54, 1.807) is 42.6 Å². The van der Waals surface area contributed by atoms with Crippen molar-refractivity contribution in [1.29, 1.82) is 0 Å². The average molecular weight is 411 g/mol. The number of likely N-dealkylation sites (tertiary alicyclic amines) is 1. The predicted molar refractivity (Wildman–Crippen MR) is 111 cm³/mol. The summed E-state index contributed by atoms with van der Waals surface area (Å²) in [4.78, 5) is 33.5. The third kappa shape index (κ3) is 3.99. The number of aromatic nitrogens is 1. The van der Waals surface area contributed by atoms with Gasteiger partial charge in [-0.3, -0.25) is 14.6 Å². The van der Waals surface area contributed by atoms with E-state index in [0.717, 1.165) is 0 Å². The molecule has 1 aromatic carbocycles. The number of aliphatic hydroxyl groups is 1. The highest BCUT2D eigenvalue weighted by Gasteiger charge is 2.46. The summed E-state index contributed by atoms with van der Waals surface area (Å²) in [6, 6.07) is 9.32. The number of carbonyl (C=O) groups excluding carboxylic acids is 2. The zero-order valence-electron chi connectivity index (χ0n) is 17.5. The van der Waals surface area contributed by atoms with Crippen LogP contribution in [0.4, 0.5) is 0 Å². The Morgan fingerprint density at radius 3 is 2.53 bits per heavy atom. The Bertz CT molecular complexity index is 972. The van der Waals surface area contributed by atoms with Crippen molar-refractivity contribution in [1.82, 2.24) is 14.8 Å². The molecule has 8 heteroatoms. The van der Waals surface area contributed by atoms with E-state index in [0.29, 0.717) is 35.8 Å². The van der Waals surface area contributed by atoms with E-state index in [-0.39, 0.29) is 11.3 Å². The van der Waals surface area contributed by atoms with Gasteiger partial charge in [0.1, 0.15) is 23.3 Å². The number of carbonyl (C=O) groups is 2. The lowest BCUT2D eigenvalue weighted by molar-refractivity contribution is -0.140. The molecule has 0 radical (unpaired) electrons. The fourth-order valence-corrected chi connectivity index (χ4v) is 3.40. The zero-order valence-corrected chi connectivity index (χ0v) is 17.5. The number of aliphatic hydroxyl groups excluding tert-OH is 1.